The van der Waals surface area contributed by atoms with Gasteiger partial charge in [-0.1, -0.05) is 127 Å². The largest absolute Gasteiger partial charge is 0.456 e. The second-order valence-corrected chi connectivity index (χ2v) is 14.4. The molecule has 0 atom stereocenters. The van der Waals surface area contributed by atoms with E-state index >= 15 is 0 Å². The molecule has 0 aliphatic carbocycles. The first-order chi connectivity index (χ1) is 28.2. The van der Waals surface area contributed by atoms with Crippen molar-refractivity contribution in [2.75, 3.05) is 0 Å². The molecule has 0 N–H and O–H groups in total. The van der Waals surface area contributed by atoms with Crippen LogP contribution < -0.4 is 0 Å². The van der Waals surface area contributed by atoms with Crippen LogP contribution in [0.1, 0.15) is 0 Å². The number of hydrogen-bond donors (Lipinski definition) is 0. The van der Waals surface area contributed by atoms with Gasteiger partial charge < -0.3 is 13.4 Å². The van der Waals surface area contributed by atoms with Crippen molar-refractivity contribution in [2.24, 2.45) is 0 Å². The van der Waals surface area contributed by atoms with Gasteiger partial charge in [0.15, 0.2) is 17.5 Å². The first-order valence-corrected chi connectivity index (χ1v) is 19.0. The molecule has 8 aromatic carbocycles. The van der Waals surface area contributed by atoms with Crippen LogP contribution >= 0.6 is 0 Å². The number of hydrogen-bond acceptors (Lipinski definition) is 5. The lowest BCUT2D eigenvalue weighted by Gasteiger charge is -2.08. The highest BCUT2D eigenvalue weighted by Gasteiger charge is 2.20. The van der Waals surface area contributed by atoms with Gasteiger partial charge >= 0.3 is 0 Å². The molecule has 4 heterocycles. The van der Waals surface area contributed by atoms with Crippen LogP contribution in [0.25, 0.3) is 117 Å². The smallest absolute Gasteiger partial charge is 0.167 e. The maximum atomic E-state index is 6.68. The van der Waals surface area contributed by atoms with Crippen molar-refractivity contribution in [1.29, 1.82) is 0 Å². The van der Waals surface area contributed by atoms with E-state index in [2.05, 4.69) is 114 Å². The van der Waals surface area contributed by atoms with E-state index in [4.69, 9.17) is 23.8 Å². The summed E-state index contributed by atoms with van der Waals surface area (Å²) in [6.07, 6.45) is 0. The van der Waals surface area contributed by atoms with Crippen molar-refractivity contribution >= 4 is 65.7 Å². The van der Waals surface area contributed by atoms with E-state index in [0.29, 0.717) is 17.5 Å². The first-order valence-electron chi connectivity index (χ1n) is 19.0. The molecule has 57 heavy (non-hydrogen) atoms. The van der Waals surface area contributed by atoms with Crippen molar-refractivity contribution < 1.29 is 8.83 Å². The molecule has 266 valence electrons. The third-order valence-electron chi connectivity index (χ3n) is 11.0. The number of fused-ring (bicyclic) bond motifs is 9. The zero-order chi connectivity index (χ0) is 37.5. The SMILES string of the molecule is c1ccc(-c2ccc3oc4cc5c(cc4c3c2)c2ccccc2n5-c2ccc3oc4c(-c5nc(-c6ccccc6)nc(-c6ccccc6)n5)cccc4c3c2)cc1. The molecule has 0 aliphatic rings. The highest BCUT2D eigenvalue weighted by atomic mass is 16.3. The molecule has 0 spiro atoms. The summed E-state index contributed by atoms with van der Waals surface area (Å²) in [5, 5.41) is 6.56. The Morgan fingerprint density at radius 2 is 0.930 bits per heavy atom. The number of furan rings is 2. The lowest BCUT2D eigenvalue weighted by atomic mass is 10.0. The molecule has 0 unspecified atom stereocenters. The summed E-state index contributed by atoms with van der Waals surface area (Å²) in [4.78, 5) is 14.9. The maximum Gasteiger partial charge on any atom is 0.167 e. The Bertz CT molecular complexity index is 3450. The van der Waals surface area contributed by atoms with E-state index in [-0.39, 0.29) is 0 Å². The first kappa shape index (κ1) is 31.5. The van der Waals surface area contributed by atoms with Crippen LogP contribution in [0.2, 0.25) is 0 Å². The molecule has 0 amide bonds. The molecule has 0 saturated carbocycles. The lowest BCUT2D eigenvalue weighted by molar-refractivity contribution is 0.668. The number of aromatic nitrogens is 4. The van der Waals surface area contributed by atoms with E-state index < -0.39 is 0 Å². The van der Waals surface area contributed by atoms with Gasteiger partial charge in [0.2, 0.25) is 0 Å². The molecular weight excluding hydrogens is 701 g/mol. The quantitative estimate of drug-likeness (QED) is 0.176. The number of nitrogens with zero attached hydrogens (tertiary/aromatic N) is 4. The Hall–Kier alpha value is -7.83. The summed E-state index contributed by atoms with van der Waals surface area (Å²) in [5.41, 5.74) is 11.5. The van der Waals surface area contributed by atoms with Crippen molar-refractivity contribution in [3.05, 3.63) is 182 Å². The number of benzene rings is 8. The number of rotatable bonds is 5. The minimum absolute atomic E-state index is 0.556. The Balaban J connectivity index is 1.04. The van der Waals surface area contributed by atoms with Crippen LogP contribution in [0.4, 0.5) is 0 Å². The van der Waals surface area contributed by atoms with Crippen LogP contribution in [-0.2, 0) is 0 Å². The summed E-state index contributed by atoms with van der Waals surface area (Å²) in [5.74, 6) is 1.77. The van der Waals surface area contributed by atoms with E-state index in [9.17, 15) is 0 Å². The molecule has 0 saturated heterocycles. The fourth-order valence-corrected chi connectivity index (χ4v) is 8.36. The predicted molar refractivity (Wildman–Crippen MR) is 230 cm³/mol. The van der Waals surface area contributed by atoms with Crippen LogP contribution in [0.5, 0.6) is 0 Å². The monoisotopic (exact) mass is 730 g/mol. The Morgan fingerprint density at radius 3 is 1.68 bits per heavy atom. The van der Waals surface area contributed by atoms with Gasteiger partial charge in [0.05, 0.1) is 16.6 Å². The third-order valence-corrected chi connectivity index (χ3v) is 11.0. The summed E-state index contributed by atoms with van der Waals surface area (Å²) in [6.45, 7) is 0. The molecule has 0 fully saturated rings. The molecule has 0 bridgehead atoms. The molecule has 12 aromatic rings. The minimum Gasteiger partial charge on any atom is -0.456 e. The van der Waals surface area contributed by atoms with Gasteiger partial charge in [-0.15, -0.1) is 0 Å². The summed E-state index contributed by atoms with van der Waals surface area (Å²) in [6, 6.07) is 62.7. The van der Waals surface area contributed by atoms with E-state index in [1.807, 2.05) is 72.8 Å². The van der Waals surface area contributed by atoms with Crippen LogP contribution in [0, 0.1) is 0 Å². The minimum atomic E-state index is 0.556. The van der Waals surface area contributed by atoms with Crippen LogP contribution in [0.15, 0.2) is 191 Å². The maximum absolute atomic E-state index is 6.68. The van der Waals surface area contributed by atoms with Gasteiger partial charge in [0.1, 0.15) is 22.3 Å². The second-order valence-electron chi connectivity index (χ2n) is 14.4. The van der Waals surface area contributed by atoms with Crippen molar-refractivity contribution in [1.82, 2.24) is 19.5 Å². The molecule has 6 nitrogen and oxygen atoms in total. The normalized spacial score (nSPS) is 11.9. The highest BCUT2D eigenvalue weighted by Crippen LogP contribution is 2.41. The Labute approximate surface area is 325 Å². The van der Waals surface area contributed by atoms with Crippen LogP contribution in [-0.4, -0.2) is 19.5 Å². The van der Waals surface area contributed by atoms with Crippen molar-refractivity contribution in [3.63, 3.8) is 0 Å². The lowest BCUT2D eigenvalue weighted by Crippen LogP contribution is -2.00. The van der Waals surface area contributed by atoms with E-state index in [1.54, 1.807) is 0 Å². The number of para-hydroxylation sites is 2. The second kappa shape index (κ2) is 12.3. The van der Waals surface area contributed by atoms with Crippen molar-refractivity contribution in [2.45, 2.75) is 0 Å². The van der Waals surface area contributed by atoms with Gasteiger partial charge in [0, 0.05) is 55.2 Å². The predicted octanol–water partition coefficient (Wildman–Crippen LogP) is 13.4. The topological polar surface area (TPSA) is 69.9 Å². The zero-order valence-electron chi connectivity index (χ0n) is 30.4. The summed E-state index contributed by atoms with van der Waals surface area (Å²) >= 11 is 0. The van der Waals surface area contributed by atoms with Gasteiger partial charge in [-0.25, -0.2) is 15.0 Å². The third kappa shape index (κ3) is 5.01. The fraction of sp³-hybridized carbons (Fsp3) is 0. The molecular formula is C51H30N4O2. The Morgan fingerprint density at radius 1 is 0.333 bits per heavy atom. The molecule has 12 rings (SSSR count). The standard InChI is InChI=1S/C51H30N4O2/c1-4-13-31(14-5-1)34-23-25-45-40(27-34)42-29-39-36-19-10-11-22-43(36)55(44(39)30-47(42)56-45)35-24-26-46-41(28-35)37-20-12-21-38(48(37)57-46)51-53-49(32-15-6-2-7-16-32)52-50(54-51)33-17-8-3-9-18-33/h1-30H. The summed E-state index contributed by atoms with van der Waals surface area (Å²) in [7, 11) is 0. The molecule has 4 aromatic heterocycles. The van der Waals surface area contributed by atoms with E-state index in [1.165, 1.54) is 21.9 Å². The van der Waals surface area contributed by atoms with Gasteiger partial charge in [-0.05, 0) is 59.7 Å². The van der Waals surface area contributed by atoms with E-state index in [0.717, 1.165) is 77.3 Å². The highest BCUT2D eigenvalue weighted by molar-refractivity contribution is 6.18. The van der Waals surface area contributed by atoms with Crippen molar-refractivity contribution in [3.8, 4) is 51.0 Å². The van der Waals surface area contributed by atoms with Gasteiger partial charge in [-0.3, -0.25) is 0 Å². The van der Waals surface area contributed by atoms with Gasteiger partial charge in [-0.2, -0.15) is 0 Å². The Kier molecular flexibility index (Phi) is 6.83. The molecule has 0 radical (unpaired) electrons. The average Bonchev–Trinajstić information content (AvgIpc) is 3.94. The summed E-state index contributed by atoms with van der Waals surface area (Å²) < 4.78 is 15.6. The molecule has 6 heteroatoms. The van der Waals surface area contributed by atoms with Gasteiger partial charge in [0.25, 0.3) is 0 Å². The molecule has 0 aliphatic heterocycles. The average molecular weight is 731 g/mol. The van der Waals surface area contributed by atoms with Crippen LogP contribution in [0.3, 0.4) is 0 Å². The zero-order valence-corrected chi connectivity index (χ0v) is 30.4. The fourth-order valence-electron chi connectivity index (χ4n) is 8.36.